The van der Waals surface area contributed by atoms with Gasteiger partial charge >= 0.3 is 0 Å². The van der Waals surface area contributed by atoms with Crippen molar-refractivity contribution in [3.05, 3.63) is 29.0 Å². The van der Waals surface area contributed by atoms with E-state index in [2.05, 4.69) is 11.4 Å². The van der Waals surface area contributed by atoms with E-state index < -0.39 is 11.2 Å². The van der Waals surface area contributed by atoms with Gasteiger partial charge in [0.25, 0.3) is 0 Å². The van der Waals surface area contributed by atoms with Crippen molar-refractivity contribution in [2.45, 2.75) is 25.7 Å². The van der Waals surface area contributed by atoms with Gasteiger partial charge in [0, 0.05) is 10.7 Å². The average Bonchev–Trinajstić information content (AvgIpc) is 2.77. The van der Waals surface area contributed by atoms with E-state index in [1.807, 2.05) is 0 Å². The minimum Gasteiger partial charge on any atom is -0.325 e. The summed E-state index contributed by atoms with van der Waals surface area (Å²) in [7, 11) is 0. The number of nitrogens with one attached hydrogen (secondary N) is 1. The summed E-state index contributed by atoms with van der Waals surface area (Å²) in [5, 5.41) is 11.9. The smallest absolute Gasteiger partial charge is 0.244 e. The van der Waals surface area contributed by atoms with Gasteiger partial charge in [-0.05, 0) is 31.0 Å². The van der Waals surface area contributed by atoms with E-state index in [1.54, 1.807) is 0 Å². The van der Waals surface area contributed by atoms with Crippen molar-refractivity contribution in [2.75, 3.05) is 5.32 Å². The van der Waals surface area contributed by atoms with Gasteiger partial charge in [-0.2, -0.15) is 5.26 Å². The molecule has 0 unspecified atom stereocenters. The fourth-order valence-corrected chi connectivity index (χ4v) is 2.47. The number of benzene rings is 1. The topological polar surface area (TPSA) is 52.9 Å². The summed E-state index contributed by atoms with van der Waals surface area (Å²) < 4.78 is 13.1. The zero-order valence-corrected chi connectivity index (χ0v) is 10.4. The molecule has 1 aliphatic carbocycles. The van der Waals surface area contributed by atoms with Crippen molar-refractivity contribution >= 4 is 23.2 Å². The summed E-state index contributed by atoms with van der Waals surface area (Å²) in [6.07, 6.45) is 2.84. The Balaban J connectivity index is 2.18. The lowest BCUT2D eigenvalue weighted by Gasteiger charge is -2.19. The van der Waals surface area contributed by atoms with Gasteiger partial charge in [0.05, 0.1) is 6.07 Å². The van der Waals surface area contributed by atoms with Gasteiger partial charge in [-0.1, -0.05) is 24.4 Å². The Morgan fingerprint density at radius 1 is 1.39 bits per heavy atom. The Labute approximate surface area is 110 Å². The van der Waals surface area contributed by atoms with Crippen LogP contribution in [0.4, 0.5) is 10.1 Å². The second-order valence-electron chi connectivity index (χ2n) is 4.51. The average molecular weight is 267 g/mol. The van der Waals surface area contributed by atoms with Crippen LogP contribution in [0.15, 0.2) is 18.2 Å². The number of hydrogen-bond donors (Lipinski definition) is 1. The van der Waals surface area contributed by atoms with E-state index >= 15 is 0 Å². The molecule has 3 nitrogen and oxygen atoms in total. The highest BCUT2D eigenvalue weighted by molar-refractivity contribution is 6.30. The fraction of sp³-hybridized carbons (Fsp3) is 0.385. The molecule has 0 radical (unpaired) electrons. The standard InChI is InChI=1S/C13H12ClFN2O/c14-9-5-10(15)7-11(6-9)17-12(18)13(8-16)3-1-2-4-13/h5-7H,1-4H2,(H,17,18). The Kier molecular flexibility index (Phi) is 3.53. The number of halogens is 2. The molecule has 18 heavy (non-hydrogen) atoms. The molecule has 0 aromatic heterocycles. The molecule has 2 rings (SSSR count). The predicted octanol–water partition coefficient (Wildman–Crippen LogP) is 3.50. The molecule has 0 aliphatic heterocycles. The normalized spacial score (nSPS) is 17.2. The third-order valence-corrected chi connectivity index (χ3v) is 3.44. The Morgan fingerprint density at radius 3 is 2.61 bits per heavy atom. The predicted molar refractivity (Wildman–Crippen MR) is 66.6 cm³/mol. The molecule has 1 aromatic rings. The molecule has 0 spiro atoms. The quantitative estimate of drug-likeness (QED) is 0.891. The number of carbonyl (C=O) groups is 1. The van der Waals surface area contributed by atoms with Gasteiger partial charge in [0.1, 0.15) is 11.2 Å². The van der Waals surface area contributed by atoms with Crippen LogP contribution >= 0.6 is 11.6 Å². The lowest BCUT2D eigenvalue weighted by Crippen LogP contribution is -2.32. The van der Waals surface area contributed by atoms with Gasteiger partial charge in [0.2, 0.25) is 5.91 Å². The minimum atomic E-state index is -0.973. The fourth-order valence-electron chi connectivity index (χ4n) is 2.24. The zero-order chi connectivity index (χ0) is 13.2. The number of anilines is 1. The summed E-state index contributed by atoms with van der Waals surface area (Å²) >= 11 is 5.71. The molecule has 0 heterocycles. The van der Waals surface area contributed by atoms with Crippen LogP contribution in [0.2, 0.25) is 5.02 Å². The van der Waals surface area contributed by atoms with Crippen molar-refractivity contribution in [1.82, 2.24) is 0 Å². The summed E-state index contributed by atoms with van der Waals surface area (Å²) in [6, 6.07) is 5.89. The monoisotopic (exact) mass is 266 g/mol. The molecule has 1 aromatic carbocycles. The highest BCUT2D eigenvalue weighted by Crippen LogP contribution is 2.38. The van der Waals surface area contributed by atoms with Crippen LogP contribution in [0.3, 0.4) is 0 Å². The summed E-state index contributed by atoms with van der Waals surface area (Å²) in [6.45, 7) is 0. The third-order valence-electron chi connectivity index (χ3n) is 3.23. The second kappa shape index (κ2) is 4.95. The first kappa shape index (κ1) is 12.8. The van der Waals surface area contributed by atoms with Gasteiger partial charge < -0.3 is 5.32 Å². The highest BCUT2D eigenvalue weighted by atomic mass is 35.5. The highest BCUT2D eigenvalue weighted by Gasteiger charge is 2.41. The number of rotatable bonds is 2. The molecule has 1 amide bonds. The van der Waals surface area contributed by atoms with Crippen LogP contribution in [0.5, 0.6) is 0 Å². The molecule has 0 bridgehead atoms. The minimum absolute atomic E-state index is 0.211. The lowest BCUT2D eigenvalue weighted by molar-refractivity contribution is -0.122. The SMILES string of the molecule is N#CC1(C(=O)Nc2cc(F)cc(Cl)c2)CCCC1. The lowest BCUT2D eigenvalue weighted by atomic mass is 9.87. The zero-order valence-electron chi connectivity index (χ0n) is 9.67. The van der Waals surface area contributed by atoms with Gasteiger partial charge in [-0.15, -0.1) is 0 Å². The van der Waals surface area contributed by atoms with Gasteiger partial charge in [-0.3, -0.25) is 4.79 Å². The van der Waals surface area contributed by atoms with Crippen LogP contribution in [0.25, 0.3) is 0 Å². The maximum atomic E-state index is 13.1. The summed E-state index contributed by atoms with van der Waals surface area (Å²) in [5.74, 6) is -0.889. The van der Waals surface area contributed by atoms with Crippen molar-refractivity contribution in [2.24, 2.45) is 5.41 Å². The van der Waals surface area contributed by atoms with Crippen molar-refractivity contribution in [3.63, 3.8) is 0 Å². The number of nitriles is 1. The largest absolute Gasteiger partial charge is 0.325 e. The molecule has 1 saturated carbocycles. The third kappa shape index (κ3) is 2.46. The first-order valence-electron chi connectivity index (χ1n) is 5.74. The van der Waals surface area contributed by atoms with Gasteiger partial charge in [-0.25, -0.2) is 4.39 Å². The Morgan fingerprint density at radius 2 is 2.06 bits per heavy atom. The first-order valence-corrected chi connectivity index (χ1v) is 6.12. The Hall–Kier alpha value is -1.60. The molecule has 1 fully saturated rings. The number of hydrogen-bond acceptors (Lipinski definition) is 2. The number of carbonyl (C=O) groups excluding carboxylic acids is 1. The van der Waals surface area contributed by atoms with Crippen molar-refractivity contribution < 1.29 is 9.18 Å². The van der Waals surface area contributed by atoms with Crippen LogP contribution in [-0.2, 0) is 4.79 Å². The molecular weight excluding hydrogens is 255 g/mol. The molecule has 1 aliphatic rings. The van der Waals surface area contributed by atoms with Crippen LogP contribution < -0.4 is 5.32 Å². The van der Waals surface area contributed by atoms with Crippen molar-refractivity contribution in [3.8, 4) is 6.07 Å². The van der Waals surface area contributed by atoms with E-state index in [4.69, 9.17) is 16.9 Å². The maximum Gasteiger partial charge on any atom is 0.244 e. The van der Waals surface area contributed by atoms with Gasteiger partial charge in [0.15, 0.2) is 0 Å². The first-order chi connectivity index (χ1) is 8.55. The molecule has 5 heteroatoms. The number of nitrogens with zero attached hydrogens (tertiary/aromatic N) is 1. The van der Waals surface area contributed by atoms with E-state index in [0.717, 1.165) is 18.9 Å². The van der Waals surface area contributed by atoms with E-state index in [0.29, 0.717) is 12.8 Å². The molecule has 0 saturated heterocycles. The summed E-state index contributed by atoms with van der Waals surface area (Å²) in [4.78, 5) is 12.1. The van der Waals surface area contributed by atoms with Crippen LogP contribution in [0.1, 0.15) is 25.7 Å². The molecular formula is C13H12ClFN2O. The van der Waals surface area contributed by atoms with E-state index in [1.165, 1.54) is 12.1 Å². The second-order valence-corrected chi connectivity index (χ2v) is 4.95. The summed E-state index contributed by atoms with van der Waals surface area (Å²) in [5.41, 5.74) is -0.690. The molecule has 94 valence electrons. The molecule has 0 atom stereocenters. The maximum absolute atomic E-state index is 13.1. The van der Waals surface area contributed by atoms with Crippen LogP contribution in [-0.4, -0.2) is 5.91 Å². The van der Waals surface area contributed by atoms with Crippen LogP contribution in [0, 0.1) is 22.6 Å². The van der Waals surface area contributed by atoms with E-state index in [-0.39, 0.29) is 16.6 Å². The van der Waals surface area contributed by atoms with Crippen molar-refractivity contribution in [1.29, 1.82) is 5.26 Å². The van der Waals surface area contributed by atoms with E-state index in [9.17, 15) is 9.18 Å². The Bertz CT molecular complexity index is 498. The molecule has 1 N–H and O–H groups in total. The number of amides is 1.